The molecule has 0 spiro atoms. The smallest absolute Gasteiger partial charge is 0.330 e. The maximum absolute atomic E-state index is 10.4. The molecule has 0 rings (SSSR count). The first-order valence-electron chi connectivity index (χ1n) is 9.10. The predicted molar refractivity (Wildman–Crippen MR) is 105 cm³/mol. The Hall–Kier alpha value is -1.66. The van der Waals surface area contributed by atoms with E-state index in [1.807, 2.05) is 0 Å². The molecule has 0 aliphatic heterocycles. The highest BCUT2D eigenvalue weighted by molar-refractivity contribution is 5.81. The van der Waals surface area contributed by atoms with Crippen molar-refractivity contribution in [3.8, 4) is 0 Å². The summed E-state index contributed by atoms with van der Waals surface area (Å²) in [5, 5.41) is 0. The minimum absolute atomic E-state index is 0.379. The molecule has 0 heterocycles. The fourth-order valence-corrected chi connectivity index (χ4v) is 1.37. The molecule has 0 unspecified atom stereocenters. The van der Waals surface area contributed by atoms with Crippen LogP contribution in [-0.2, 0) is 28.5 Å². The highest BCUT2D eigenvalue weighted by Gasteiger charge is 1.93. The van der Waals surface area contributed by atoms with Gasteiger partial charge in [0.15, 0.2) is 0 Å². The van der Waals surface area contributed by atoms with Gasteiger partial charge < -0.3 is 18.9 Å². The van der Waals surface area contributed by atoms with E-state index >= 15 is 0 Å². The maximum atomic E-state index is 10.4. The minimum Gasteiger partial charge on any atom is -0.462 e. The molecule has 0 aliphatic rings. The average Bonchev–Trinajstić information content (AvgIpc) is 2.67. The van der Waals surface area contributed by atoms with Gasteiger partial charge in [-0.25, -0.2) is 9.59 Å². The van der Waals surface area contributed by atoms with E-state index in [1.165, 1.54) is 25.7 Å². The first-order chi connectivity index (χ1) is 12.5. The Bertz CT molecular complexity index is 296. The third-order valence-corrected chi connectivity index (χ3v) is 2.76. The van der Waals surface area contributed by atoms with Gasteiger partial charge in [0.1, 0.15) is 0 Å². The van der Waals surface area contributed by atoms with Gasteiger partial charge in [-0.1, -0.05) is 52.7 Å². The van der Waals surface area contributed by atoms with Crippen LogP contribution in [0.15, 0.2) is 25.3 Å². The van der Waals surface area contributed by atoms with Crippen molar-refractivity contribution in [3.05, 3.63) is 25.3 Å². The Kier molecular flexibility index (Phi) is 31.5. The van der Waals surface area contributed by atoms with Gasteiger partial charge in [0.05, 0.1) is 13.2 Å². The van der Waals surface area contributed by atoms with Crippen LogP contribution >= 0.6 is 0 Å². The number of unbranched alkanes of at least 4 members (excludes halogenated alkanes) is 3. The second kappa shape index (κ2) is 28.2. The average molecular weight is 375 g/mol. The summed E-state index contributed by atoms with van der Waals surface area (Å²) in [5.74, 6) is -0.757. The normalized spacial score (nSPS) is 8.92. The van der Waals surface area contributed by atoms with E-state index in [9.17, 15) is 9.59 Å². The number of methoxy groups -OCH3 is 2. The fourth-order valence-electron chi connectivity index (χ4n) is 1.37. The van der Waals surface area contributed by atoms with E-state index in [1.54, 1.807) is 14.2 Å². The second-order valence-electron chi connectivity index (χ2n) is 5.14. The Morgan fingerprint density at radius 1 is 0.692 bits per heavy atom. The lowest BCUT2D eigenvalue weighted by Crippen LogP contribution is -2.03. The Morgan fingerprint density at radius 2 is 1.04 bits per heavy atom. The van der Waals surface area contributed by atoms with Crippen LogP contribution in [0.2, 0.25) is 0 Å². The van der Waals surface area contributed by atoms with Crippen LogP contribution in [0.1, 0.15) is 52.4 Å². The van der Waals surface area contributed by atoms with Gasteiger partial charge in [0, 0.05) is 52.4 Å². The molecule has 0 amide bonds. The molecule has 0 aromatic heterocycles. The lowest BCUT2D eigenvalue weighted by atomic mass is 10.2. The van der Waals surface area contributed by atoms with Crippen molar-refractivity contribution in [1.29, 1.82) is 0 Å². The van der Waals surface area contributed by atoms with Gasteiger partial charge in [-0.3, -0.25) is 0 Å². The van der Waals surface area contributed by atoms with Crippen LogP contribution in [0.4, 0.5) is 0 Å². The molecule has 26 heavy (non-hydrogen) atoms. The highest BCUT2D eigenvalue weighted by Crippen LogP contribution is 1.95. The third kappa shape index (κ3) is 33.8. The van der Waals surface area contributed by atoms with E-state index < -0.39 is 0 Å². The van der Waals surface area contributed by atoms with Crippen molar-refractivity contribution < 1.29 is 28.5 Å². The number of carbonyl (C=O) groups excluding carboxylic acids is 2. The van der Waals surface area contributed by atoms with E-state index in [4.69, 9.17) is 9.47 Å². The second-order valence-corrected chi connectivity index (χ2v) is 5.14. The Balaban J connectivity index is -0.000000316. The number of carbonyl (C=O) groups is 2. The number of esters is 2. The molecule has 6 nitrogen and oxygen atoms in total. The van der Waals surface area contributed by atoms with Crippen LogP contribution in [-0.4, -0.2) is 52.6 Å². The van der Waals surface area contributed by atoms with Gasteiger partial charge in [0.2, 0.25) is 0 Å². The van der Waals surface area contributed by atoms with Crippen molar-refractivity contribution >= 4 is 11.9 Å². The van der Waals surface area contributed by atoms with E-state index in [2.05, 4.69) is 36.5 Å². The third-order valence-electron chi connectivity index (χ3n) is 2.76. The summed E-state index contributed by atoms with van der Waals surface area (Å²) in [6.07, 6.45) is 9.29. The molecule has 6 heteroatoms. The summed E-state index contributed by atoms with van der Waals surface area (Å²) in [6.45, 7) is 13.0. The molecule has 0 aromatic rings. The Morgan fingerprint density at radius 3 is 1.27 bits per heavy atom. The quantitative estimate of drug-likeness (QED) is 0.275. The molecule has 0 saturated carbocycles. The summed E-state index contributed by atoms with van der Waals surface area (Å²) in [7, 11) is 3.21. The van der Waals surface area contributed by atoms with E-state index in [0.29, 0.717) is 26.4 Å². The molecule has 154 valence electrons. The zero-order valence-corrected chi connectivity index (χ0v) is 17.1. The molecule has 0 aromatic carbocycles. The van der Waals surface area contributed by atoms with Gasteiger partial charge in [0.25, 0.3) is 0 Å². The molecule has 0 saturated heterocycles. The van der Waals surface area contributed by atoms with Gasteiger partial charge >= 0.3 is 11.9 Å². The molecule has 0 aliphatic carbocycles. The molecule has 0 fully saturated rings. The summed E-state index contributed by atoms with van der Waals surface area (Å²) in [4.78, 5) is 20.8. The van der Waals surface area contributed by atoms with Crippen molar-refractivity contribution in [2.75, 3.05) is 40.6 Å². The Labute approximate surface area is 159 Å². The zero-order valence-electron chi connectivity index (χ0n) is 17.1. The van der Waals surface area contributed by atoms with Crippen LogP contribution < -0.4 is 0 Å². The largest absolute Gasteiger partial charge is 0.462 e. The number of rotatable bonds is 13. The number of hydrogen-bond acceptors (Lipinski definition) is 6. The standard InChI is InChI=1S/2C7H12O3.C6H14/c2*1-3-7(8)10-6-4-5-9-2;1-3-5-6-4-2/h2*3H,1,4-6H2,2H3;3-6H2,1-2H3. The van der Waals surface area contributed by atoms with E-state index in [-0.39, 0.29) is 11.9 Å². The summed E-state index contributed by atoms with van der Waals surface area (Å²) < 4.78 is 18.8. The van der Waals surface area contributed by atoms with Gasteiger partial charge in [-0.05, 0) is 0 Å². The van der Waals surface area contributed by atoms with Crippen molar-refractivity contribution in [2.24, 2.45) is 0 Å². The molecular weight excluding hydrogens is 336 g/mol. The topological polar surface area (TPSA) is 71.1 Å². The SMILES string of the molecule is C=CC(=O)OCCCOC.C=CC(=O)OCCCOC.CCCCCC. The molecule has 0 atom stereocenters. The van der Waals surface area contributed by atoms with Crippen molar-refractivity contribution in [2.45, 2.75) is 52.4 Å². The molecule has 0 N–H and O–H groups in total. The fraction of sp³-hybridized carbons (Fsp3) is 0.700. The zero-order chi connectivity index (χ0) is 20.5. The highest BCUT2D eigenvalue weighted by atomic mass is 16.5. The minimum atomic E-state index is -0.379. The van der Waals surface area contributed by atoms with Crippen LogP contribution in [0.3, 0.4) is 0 Å². The number of hydrogen-bond donors (Lipinski definition) is 0. The van der Waals surface area contributed by atoms with Crippen LogP contribution in [0, 0.1) is 0 Å². The summed E-state index contributed by atoms with van der Waals surface area (Å²) >= 11 is 0. The van der Waals surface area contributed by atoms with Crippen LogP contribution in [0.25, 0.3) is 0 Å². The first kappa shape index (κ1) is 29.1. The molecule has 0 radical (unpaired) electrons. The van der Waals surface area contributed by atoms with Crippen LogP contribution in [0.5, 0.6) is 0 Å². The lowest BCUT2D eigenvalue weighted by Gasteiger charge is -1.99. The van der Waals surface area contributed by atoms with Gasteiger partial charge in [-0.2, -0.15) is 0 Å². The van der Waals surface area contributed by atoms with Crippen molar-refractivity contribution in [1.82, 2.24) is 0 Å². The molecule has 0 bridgehead atoms. The lowest BCUT2D eigenvalue weighted by molar-refractivity contribution is -0.139. The monoisotopic (exact) mass is 374 g/mol. The number of ether oxygens (including phenoxy) is 4. The summed E-state index contributed by atoms with van der Waals surface area (Å²) in [6, 6.07) is 0. The molecular formula is C20H38O6. The van der Waals surface area contributed by atoms with Gasteiger partial charge in [-0.15, -0.1) is 0 Å². The van der Waals surface area contributed by atoms with Crippen molar-refractivity contribution in [3.63, 3.8) is 0 Å². The maximum Gasteiger partial charge on any atom is 0.330 e. The first-order valence-corrected chi connectivity index (χ1v) is 9.10. The summed E-state index contributed by atoms with van der Waals surface area (Å²) in [5.41, 5.74) is 0. The van der Waals surface area contributed by atoms with E-state index in [0.717, 1.165) is 25.0 Å². The predicted octanol–water partition coefficient (Wildman–Crippen LogP) is 4.09.